The fourth-order valence-electron chi connectivity index (χ4n) is 4.97. The van der Waals surface area contributed by atoms with Crippen LogP contribution >= 0.6 is 0 Å². The Kier molecular flexibility index (Phi) is 4.86. The molecule has 1 amide bonds. The van der Waals surface area contributed by atoms with Gasteiger partial charge in [0.05, 0.1) is 31.9 Å². The zero-order valence-corrected chi connectivity index (χ0v) is 16.1. The maximum Gasteiger partial charge on any atom is 0.227 e. The maximum absolute atomic E-state index is 13.0. The number of nitrogens with zero attached hydrogens (tertiary/aromatic N) is 5. The Bertz CT molecular complexity index is 817. The molecule has 6 rings (SSSR count). The van der Waals surface area contributed by atoms with E-state index in [1.807, 2.05) is 34.0 Å². The second-order valence-electron chi connectivity index (χ2n) is 8.17. The Balaban J connectivity index is 1.23. The molecule has 4 saturated heterocycles. The summed E-state index contributed by atoms with van der Waals surface area (Å²) in [4.78, 5) is 17.5. The van der Waals surface area contributed by atoms with Crippen molar-refractivity contribution in [2.75, 3.05) is 39.4 Å². The molecule has 5 heterocycles. The predicted octanol–water partition coefficient (Wildman–Crippen LogP) is 1.51. The lowest BCUT2D eigenvalue weighted by Crippen LogP contribution is -2.59. The molecule has 7 nitrogen and oxygen atoms in total. The van der Waals surface area contributed by atoms with Gasteiger partial charge in [0, 0.05) is 31.2 Å². The number of carbonyl (C=O) groups excluding carboxylic acids is 1. The van der Waals surface area contributed by atoms with Crippen LogP contribution in [0.4, 0.5) is 0 Å². The summed E-state index contributed by atoms with van der Waals surface area (Å²) in [5.41, 5.74) is 2.01. The molecule has 4 aliphatic rings. The van der Waals surface area contributed by atoms with Crippen molar-refractivity contribution in [2.24, 2.45) is 11.8 Å². The first kappa shape index (κ1) is 17.8. The molecule has 0 spiro atoms. The number of hydrogen-bond acceptors (Lipinski definition) is 5. The van der Waals surface area contributed by atoms with Gasteiger partial charge in [-0.15, -0.1) is 5.10 Å². The van der Waals surface area contributed by atoms with E-state index in [9.17, 15) is 4.79 Å². The summed E-state index contributed by atoms with van der Waals surface area (Å²) in [7, 11) is 0. The third-order valence-corrected chi connectivity index (χ3v) is 6.52. The fourth-order valence-corrected chi connectivity index (χ4v) is 4.97. The van der Waals surface area contributed by atoms with Crippen LogP contribution in [0.3, 0.4) is 0 Å². The van der Waals surface area contributed by atoms with Crippen LogP contribution < -0.4 is 0 Å². The predicted molar refractivity (Wildman–Crippen MR) is 104 cm³/mol. The van der Waals surface area contributed by atoms with Crippen LogP contribution in [0.5, 0.6) is 0 Å². The molecule has 2 aromatic rings. The van der Waals surface area contributed by atoms with Crippen molar-refractivity contribution in [3.63, 3.8) is 0 Å². The molecule has 4 fully saturated rings. The summed E-state index contributed by atoms with van der Waals surface area (Å²) < 4.78 is 7.36. The number of ether oxygens (including phenoxy) is 1. The van der Waals surface area contributed by atoms with Gasteiger partial charge in [-0.3, -0.25) is 14.4 Å². The number of hydrogen-bond donors (Lipinski definition) is 0. The minimum Gasteiger partial charge on any atom is -0.378 e. The highest BCUT2D eigenvalue weighted by Crippen LogP contribution is 2.38. The number of morpholine rings is 1. The number of rotatable bonds is 4. The van der Waals surface area contributed by atoms with Gasteiger partial charge in [0.25, 0.3) is 0 Å². The van der Waals surface area contributed by atoms with Gasteiger partial charge in [0.1, 0.15) is 5.69 Å². The van der Waals surface area contributed by atoms with E-state index in [1.54, 1.807) is 0 Å². The summed E-state index contributed by atoms with van der Waals surface area (Å²) >= 11 is 0. The molecule has 7 heteroatoms. The summed E-state index contributed by atoms with van der Waals surface area (Å²) in [5.74, 6) is 0.977. The Labute approximate surface area is 165 Å². The van der Waals surface area contributed by atoms with Crippen LogP contribution in [0.1, 0.15) is 12.8 Å². The van der Waals surface area contributed by atoms with Crippen molar-refractivity contribution in [2.45, 2.75) is 25.4 Å². The van der Waals surface area contributed by atoms with E-state index < -0.39 is 0 Å². The molecule has 0 saturated carbocycles. The SMILES string of the molecule is O=C([C@H]1CN2CCC1C[C@@H]2Cn1cc(-c2ccccc2)nn1)N1CCOCC1. The largest absolute Gasteiger partial charge is 0.378 e. The lowest BCUT2D eigenvalue weighted by atomic mass is 9.75. The van der Waals surface area contributed by atoms with E-state index in [2.05, 4.69) is 27.3 Å². The molecular formula is C21H27N5O2. The summed E-state index contributed by atoms with van der Waals surface area (Å²) in [5, 5.41) is 8.69. The first-order valence-electron chi connectivity index (χ1n) is 10.3. The third kappa shape index (κ3) is 3.44. The van der Waals surface area contributed by atoms with Gasteiger partial charge in [-0.05, 0) is 25.3 Å². The zero-order chi connectivity index (χ0) is 18.9. The van der Waals surface area contributed by atoms with Crippen LogP contribution in [-0.2, 0) is 16.1 Å². The number of amides is 1. The van der Waals surface area contributed by atoms with Crippen molar-refractivity contribution < 1.29 is 9.53 Å². The third-order valence-electron chi connectivity index (χ3n) is 6.52. The highest BCUT2D eigenvalue weighted by atomic mass is 16.5. The van der Waals surface area contributed by atoms with E-state index in [-0.39, 0.29) is 5.92 Å². The van der Waals surface area contributed by atoms with Crippen molar-refractivity contribution in [1.29, 1.82) is 0 Å². The molecule has 0 N–H and O–H groups in total. The molecule has 28 heavy (non-hydrogen) atoms. The van der Waals surface area contributed by atoms with E-state index >= 15 is 0 Å². The molecule has 4 atom stereocenters. The average molecular weight is 381 g/mol. The van der Waals surface area contributed by atoms with Gasteiger partial charge < -0.3 is 9.64 Å². The van der Waals surface area contributed by atoms with Gasteiger partial charge in [0.2, 0.25) is 5.91 Å². The van der Waals surface area contributed by atoms with Crippen LogP contribution in [0, 0.1) is 11.8 Å². The number of fused-ring (bicyclic) bond motifs is 3. The van der Waals surface area contributed by atoms with Crippen LogP contribution in [0.15, 0.2) is 36.5 Å². The fraction of sp³-hybridized carbons (Fsp3) is 0.571. The maximum atomic E-state index is 13.0. The standard InChI is InChI=1S/C21H27N5O2/c27-21(24-8-10-28-11-9-24)19-14-25-7-6-17(19)12-18(25)13-26-15-20(22-23-26)16-4-2-1-3-5-16/h1-5,15,17-19H,6-14H2/t17?,18-,19+/m1/s1. The molecule has 4 aliphatic heterocycles. The molecular weight excluding hydrogens is 354 g/mol. The highest BCUT2D eigenvalue weighted by Gasteiger charge is 2.44. The average Bonchev–Trinajstić information content (AvgIpc) is 3.23. The van der Waals surface area contributed by atoms with Crippen molar-refractivity contribution in [3.05, 3.63) is 36.5 Å². The van der Waals surface area contributed by atoms with Crippen molar-refractivity contribution in [3.8, 4) is 11.3 Å². The first-order chi connectivity index (χ1) is 13.8. The lowest BCUT2D eigenvalue weighted by Gasteiger charge is -2.50. The Morgan fingerprint density at radius 1 is 1.14 bits per heavy atom. The number of carbonyl (C=O) groups is 1. The Morgan fingerprint density at radius 2 is 1.96 bits per heavy atom. The second kappa shape index (κ2) is 7.64. The Morgan fingerprint density at radius 3 is 2.71 bits per heavy atom. The molecule has 0 aliphatic carbocycles. The van der Waals surface area contributed by atoms with Gasteiger partial charge in [0.15, 0.2) is 0 Å². The summed E-state index contributed by atoms with van der Waals surface area (Å²) in [6.07, 6.45) is 4.24. The molecule has 2 unspecified atom stereocenters. The van der Waals surface area contributed by atoms with Crippen molar-refractivity contribution >= 4 is 5.91 Å². The van der Waals surface area contributed by atoms with Crippen LogP contribution in [0.25, 0.3) is 11.3 Å². The molecule has 2 bridgehead atoms. The van der Waals surface area contributed by atoms with Gasteiger partial charge >= 0.3 is 0 Å². The highest BCUT2D eigenvalue weighted by molar-refractivity contribution is 5.79. The second-order valence-corrected chi connectivity index (χ2v) is 8.17. The van der Waals surface area contributed by atoms with Crippen LogP contribution in [0.2, 0.25) is 0 Å². The monoisotopic (exact) mass is 381 g/mol. The molecule has 1 aromatic carbocycles. The zero-order valence-electron chi connectivity index (χ0n) is 16.1. The summed E-state index contributed by atoms with van der Waals surface area (Å²) in [6.45, 7) is 5.64. The van der Waals surface area contributed by atoms with Gasteiger partial charge in [-0.2, -0.15) is 0 Å². The molecule has 148 valence electrons. The normalized spacial score (nSPS) is 29.8. The minimum atomic E-state index is 0.152. The van der Waals surface area contributed by atoms with Crippen LogP contribution in [-0.4, -0.2) is 76.1 Å². The molecule has 1 aromatic heterocycles. The molecule has 0 radical (unpaired) electrons. The van der Waals surface area contributed by atoms with Crippen molar-refractivity contribution in [1.82, 2.24) is 24.8 Å². The van der Waals surface area contributed by atoms with E-state index in [1.165, 1.54) is 0 Å². The quantitative estimate of drug-likeness (QED) is 0.803. The smallest absolute Gasteiger partial charge is 0.227 e. The summed E-state index contributed by atoms with van der Waals surface area (Å²) in [6, 6.07) is 10.6. The first-order valence-corrected chi connectivity index (χ1v) is 10.3. The van der Waals surface area contributed by atoms with E-state index in [0.29, 0.717) is 31.1 Å². The van der Waals surface area contributed by atoms with E-state index in [0.717, 1.165) is 56.8 Å². The minimum absolute atomic E-state index is 0.152. The number of benzene rings is 1. The van der Waals surface area contributed by atoms with Gasteiger partial charge in [-0.25, -0.2) is 0 Å². The van der Waals surface area contributed by atoms with E-state index in [4.69, 9.17) is 4.74 Å². The Hall–Kier alpha value is -2.25. The topological polar surface area (TPSA) is 63.5 Å². The number of piperidine rings is 3. The number of aromatic nitrogens is 3. The van der Waals surface area contributed by atoms with Gasteiger partial charge in [-0.1, -0.05) is 35.5 Å². The lowest BCUT2D eigenvalue weighted by molar-refractivity contribution is -0.148.